The molecular weight excluding hydrogens is 296 g/mol. The van der Waals surface area contributed by atoms with Gasteiger partial charge in [-0.05, 0) is 58.7 Å². The number of hydrogen-bond acceptors (Lipinski definition) is 2. The van der Waals surface area contributed by atoms with Gasteiger partial charge in [-0.1, -0.05) is 42.5 Å². The Morgan fingerprint density at radius 1 is 0.417 bits per heavy atom. The quantitative estimate of drug-likeness (QED) is 0.391. The fourth-order valence-corrected chi connectivity index (χ4v) is 2.86. The highest BCUT2D eigenvalue weighted by Gasteiger charge is 2.09. The minimum absolute atomic E-state index is 0.764. The summed E-state index contributed by atoms with van der Waals surface area (Å²) in [6.45, 7) is 0. The fraction of sp³-hybridized carbons (Fsp3) is 0. The van der Waals surface area contributed by atoms with Gasteiger partial charge in [0.15, 0.2) is 0 Å². The molecule has 0 fully saturated rings. The SMILES string of the molecule is C1=Cc2cc(Oc3cccc(Oc4ccc5c(c4)C=C5)c3)ccc21. The molecule has 0 aliphatic heterocycles. The molecule has 2 aliphatic rings. The molecule has 0 aromatic heterocycles. The molecule has 0 unspecified atom stereocenters. The molecule has 114 valence electrons. The van der Waals surface area contributed by atoms with E-state index in [4.69, 9.17) is 9.47 Å². The molecule has 0 saturated carbocycles. The molecular formula is C22H14O2. The summed E-state index contributed by atoms with van der Waals surface area (Å²) >= 11 is 0. The highest BCUT2D eigenvalue weighted by Crippen LogP contribution is 2.33. The average molecular weight is 310 g/mol. The van der Waals surface area contributed by atoms with Crippen molar-refractivity contribution in [2.75, 3.05) is 0 Å². The zero-order valence-corrected chi connectivity index (χ0v) is 12.9. The van der Waals surface area contributed by atoms with Crippen LogP contribution in [0.5, 0.6) is 23.0 Å². The normalized spacial score (nSPS) is 12.7. The van der Waals surface area contributed by atoms with Crippen LogP contribution in [0.4, 0.5) is 0 Å². The van der Waals surface area contributed by atoms with E-state index in [0.717, 1.165) is 23.0 Å². The van der Waals surface area contributed by atoms with Gasteiger partial charge in [0.1, 0.15) is 23.0 Å². The first-order valence-electron chi connectivity index (χ1n) is 7.94. The summed E-state index contributed by atoms with van der Waals surface area (Å²) in [4.78, 5) is 0. The van der Waals surface area contributed by atoms with Gasteiger partial charge in [-0.2, -0.15) is 0 Å². The summed E-state index contributed by atoms with van der Waals surface area (Å²) in [7, 11) is 0. The maximum absolute atomic E-state index is 5.96. The highest BCUT2D eigenvalue weighted by atomic mass is 16.5. The minimum atomic E-state index is 0.764. The Kier molecular flexibility index (Phi) is 2.83. The lowest BCUT2D eigenvalue weighted by atomic mass is 9.98. The Morgan fingerprint density at radius 2 is 0.875 bits per heavy atom. The van der Waals surface area contributed by atoms with Gasteiger partial charge in [0, 0.05) is 6.07 Å². The molecule has 2 aliphatic carbocycles. The third kappa shape index (κ3) is 2.29. The minimum Gasteiger partial charge on any atom is -0.457 e. The van der Waals surface area contributed by atoms with Crippen molar-refractivity contribution in [3.05, 3.63) is 82.9 Å². The summed E-state index contributed by atoms with van der Waals surface area (Å²) in [6.07, 6.45) is 8.36. The summed E-state index contributed by atoms with van der Waals surface area (Å²) in [5.74, 6) is 3.20. The third-order valence-electron chi connectivity index (χ3n) is 4.28. The van der Waals surface area contributed by atoms with E-state index in [9.17, 15) is 0 Å². The zero-order chi connectivity index (χ0) is 15.9. The monoisotopic (exact) mass is 310 g/mol. The van der Waals surface area contributed by atoms with Gasteiger partial charge in [0.2, 0.25) is 0 Å². The molecule has 0 amide bonds. The van der Waals surface area contributed by atoms with Crippen molar-refractivity contribution in [1.29, 1.82) is 0 Å². The Morgan fingerprint density at radius 3 is 1.29 bits per heavy atom. The van der Waals surface area contributed by atoms with Crippen molar-refractivity contribution in [1.82, 2.24) is 0 Å². The van der Waals surface area contributed by atoms with Crippen LogP contribution in [0.25, 0.3) is 24.3 Å². The Hall–Kier alpha value is -3.26. The van der Waals surface area contributed by atoms with Crippen LogP contribution in [0, 0.1) is 0 Å². The Bertz CT molecular complexity index is 933. The van der Waals surface area contributed by atoms with Crippen LogP contribution in [0.2, 0.25) is 0 Å². The molecule has 5 rings (SSSR count). The van der Waals surface area contributed by atoms with Crippen molar-refractivity contribution in [2.24, 2.45) is 0 Å². The average Bonchev–Trinajstić information content (AvgIpc) is 2.53. The van der Waals surface area contributed by atoms with E-state index in [1.54, 1.807) is 0 Å². The van der Waals surface area contributed by atoms with Crippen LogP contribution in [-0.4, -0.2) is 0 Å². The second kappa shape index (κ2) is 5.14. The van der Waals surface area contributed by atoms with Gasteiger partial charge in [0.05, 0.1) is 0 Å². The Labute approximate surface area is 140 Å². The molecule has 0 spiro atoms. The maximum atomic E-state index is 5.96. The van der Waals surface area contributed by atoms with Crippen molar-refractivity contribution in [2.45, 2.75) is 0 Å². The first kappa shape index (κ1) is 13.2. The smallest absolute Gasteiger partial charge is 0.131 e. The van der Waals surface area contributed by atoms with E-state index in [1.165, 1.54) is 22.3 Å². The highest BCUT2D eigenvalue weighted by molar-refractivity contribution is 5.86. The molecule has 0 radical (unpaired) electrons. The topological polar surface area (TPSA) is 18.5 Å². The van der Waals surface area contributed by atoms with E-state index >= 15 is 0 Å². The molecule has 0 N–H and O–H groups in total. The van der Waals surface area contributed by atoms with Crippen LogP contribution in [0.15, 0.2) is 60.7 Å². The number of fused-ring (bicyclic) bond motifs is 2. The van der Waals surface area contributed by atoms with E-state index in [1.807, 2.05) is 48.5 Å². The molecule has 3 aromatic carbocycles. The number of hydrogen-bond donors (Lipinski definition) is 0. The standard InChI is InChI=1S/C22H14O2/c1-2-19(23-21-10-8-15-4-6-17(15)12-21)14-20(3-1)24-22-11-9-16-5-7-18(16)13-22/h1-14H. The van der Waals surface area contributed by atoms with Crippen molar-refractivity contribution >= 4 is 24.3 Å². The van der Waals surface area contributed by atoms with Crippen molar-refractivity contribution < 1.29 is 9.47 Å². The van der Waals surface area contributed by atoms with Gasteiger partial charge < -0.3 is 9.47 Å². The first-order valence-corrected chi connectivity index (χ1v) is 7.94. The van der Waals surface area contributed by atoms with Crippen LogP contribution in [0.3, 0.4) is 0 Å². The predicted octanol–water partition coefficient (Wildman–Crippen LogP) is 6.24. The molecule has 0 atom stereocenters. The molecule has 0 saturated heterocycles. The second-order valence-corrected chi connectivity index (χ2v) is 5.93. The van der Waals surface area contributed by atoms with E-state index in [-0.39, 0.29) is 0 Å². The number of rotatable bonds is 4. The van der Waals surface area contributed by atoms with Crippen LogP contribution in [0.1, 0.15) is 22.3 Å². The summed E-state index contributed by atoms with van der Waals surface area (Å²) in [5.41, 5.74) is 4.95. The zero-order valence-electron chi connectivity index (χ0n) is 12.9. The molecule has 24 heavy (non-hydrogen) atoms. The number of benzene rings is 3. The predicted molar refractivity (Wildman–Crippen MR) is 97.3 cm³/mol. The lowest BCUT2D eigenvalue weighted by Crippen LogP contribution is -1.93. The van der Waals surface area contributed by atoms with Crippen molar-refractivity contribution in [3.63, 3.8) is 0 Å². The maximum Gasteiger partial charge on any atom is 0.131 e. The van der Waals surface area contributed by atoms with Gasteiger partial charge in [-0.25, -0.2) is 0 Å². The lowest BCUT2D eigenvalue weighted by molar-refractivity contribution is 0.460. The van der Waals surface area contributed by atoms with Crippen LogP contribution >= 0.6 is 0 Å². The summed E-state index contributed by atoms with van der Waals surface area (Å²) in [5, 5.41) is 0. The molecule has 0 bridgehead atoms. The van der Waals surface area contributed by atoms with Crippen molar-refractivity contribution in [3.8, 4) is 23.0 Å². The fourth-order valence-electron chi connectivity index (χ4n) is 2.86. The van der Waals surface area contributed by atoms with E-state index < -0.39 is 0 Å². The lowest BCUT2D eigenvalue weighted by Gasteiger charge is -2.14. The number of ether oxygens (including phenoxy) is 2. The molecule has 2 heteroatoms. The van der Waals surface area contributed by atoms with Gasteiger partial charge in [-0.3, -0.25) is 0 Å². The first-order chi connectivity index (χ1) is 11.8. The van der Waals surface area contributed by atoms with Gasteiger partial charge in [-0.15, -0.1) is 0 Å². The largest absolute Gasteiger partial charge is 0.457 e. The van der Waals surface area contributed by atoms with Gasteiger partial charge in [0.25, 0.3) is 0 Å². The van der Waals surface area contributed by atoms with Crippen LogP contribution < -0.4 is 9.47 Å². The molecule has 2 nitrogen and oxygen atoms in total. The third-order valence-corrected chi connectivity index (χ3v) is 4.28. The summed E-state index contributed by atoms with van der Waals surface area (Å²) < 4.78 is 11.9. The van der Waals surface area contributed by atoms with Crippen LogP contribution in [-0.2, 0) is 0 Å². The van der Waals surface area contributed by atoms with Gasteiger partial charge >= 0.3 is 0 Å². The molecule has 3 aromatic rings. The second-order valence-electron chi connectivity index (χ2n) is 5.93. The summed E-state index contributed by atoms with van der Waals surface area (Å²) in [6, 6.07) is 19.9. The Balaban J connectivity index is 1.36. The van der Waals surface area contributed by atoms with E-state index in [0.29, 0.717) is 0 Å². The molecule has 0 heterocycles. The van der Waals surface area contributed by atoms with E-state index in [2.05, 4.69) is 36.4 Å².